The summed E-state index contributed by atoms with van der Waals surface area (Å²) in [6.07, 6.45) is 3.23. The summed E-state index contributed by atoms with van der Waals surface area (Å²) < 4.78 is 16.9. The highest BCUT2D eigenvalue weighted by Crippen LogP contribution is 2.30. The first-order valence-corrected chi connectivity index (χ1v) is 10.8. The molecule has 0 fully saturated rings. The van der Waals surface area contributed by atoms with Crippen LogP contribution in [0, 0.1) is 18.3 Å². The lowest BCUT2D eigenvalue weighted by atomic mass is 10.1. The Bertz CT molecular complexity index is 1040. The zero-order chi connectivity index (χ0) is 23.5. The molecule has 7 nitrogen and oxygen atoms in total. The Morgan fingerprint density at radius 2 is 1.91 bits per heavy atom. The molecule has 0 spiro atoms. The highest BCUT2D eigenvalue weighted by molar-refractivity contribution is 9.10. The third-order valence-electron chi connectivity index (χ3n) is 4.34. The largest absolute Gasteiger partial charge is 0.493 e. The van der Waals surface area contributed by atoms with E-state index in [0.29, 0.717) is 17.9 Å². The second kappa shape index (κ2) is 12.5. The number of aryl methyl sites for hydroxylation is 1. The van der Waals surface area contributed by atoms with Crippen LogP contribution in [-0.4, -0.2) is 32.1 Å². The number of ether oxygens (including phenoxy) is 3. The van der Waals surface area contributed by atoms with Gasteiger partial charge in [0.15, 0.2) is 18.1 Å². The number of unbranched alkanes of at least 4 members (excludes halogenated alkanes) is 1. The van der Waals surface area contributed by atoms with E-state index in [-0.39, 0.29) is 23.7 Å². The lowest BCUT2D eigenvalue weighted by Gasteiger charge is -2.11. The van der Waals surface area contributed by atoms with Crippen molar-refractivity contribution in [2.24, 2.45) is 0 Å². The second-order valence-corrected chi connectivity index (χ2v) is 7.74. The Hall–Kier alpha value is -3.31. The van der Waals surface area contributed by atoms with Crippen LogP contribution in [0.15, 0.2) is 46.4 Å². The van der Waals surface area contributed by atoms with Gasteiger partial charge in [-0.05, 0) is 70.7 Å². The average molecular weight is 501 g/mol. The van der Waals surface area contributed by atoms with E-state index in [4.69, 9.17) is 14.2 Å². The van der Waals surface area contributed by atoms with Gasteiger partial charge >= 0.3 is 5.97 Å². The molecule has 0 saturated heterocycles. The summed E-state index contributed by atoms with van der Waals surface area (Å²) in [5, 5.41) is 12.0. The fraction of sp³-hybridized carbons (Fsp3) is 0.292. The van der Waals surface area contributed by atoms with Crippen LogP contribution in [0.4, 0.5) is 0 Å². The first-order chi connectivity index (χ1) is 15.4. The van der Waals surface area contributed by atoms with Gasteiger partial charge in [0.1, 0.15) is 17.4 Å². The van der Waals surface area contributed by atoms with Crippen LogP contribution < -0.4 is 19.5 Å². The molecule has 2 aromatic carbocycles. The Kier molecular flexibility index (Phi) is 9.76. The number of nitrogens with zero attached hydrogens (tertiary/aromatic N) is 1. The zero-order valence-corrected chi connectivity index (χ0v) is 19.8. The molecule has 0 atom stereocenters. The molecule has 2 aromatic rings. The van der Waals surface area contributed by atoms with Gasteiger partial charge in [0.2, 0.25) is 0 Å². The van der Waals surface area contributed by atoms with Crippen molar-refractivity contribution in [1.29, 1.82) is 5.26 Å². The molecule has 0 aliphatic rings. The molecule has 2 rings (SSSR count). The summed E-state index contributed by atoms with van der Waals surface area (Å²) in [6.45, 7) is 4.19. The van der Waals surface area contributed by atoms with Gasteiger partial charge in [-0.3, -0.25) is 4.79 Å². The predicted molar refractivity (Wildman–Crippen MR) is 125 cm³/mol. The van der Waals surface area contributed by atoms with E-state index in [2.05, 4.69) is 21.2 Å². The maximum absolute atomic E-state index is 12.2. The molecule has 0 radical (unpaired) electrons. The number of amides is 1. The number of nitriles is 1. The fourth-order valence-corrected chi connectivity index (χ4v) is 3.27. The second-order valence-electron chi connectivity index (χ2n) is 6.89. The van der Waals surface area contributed by atoms with Gasteiger partial charge in [-0.1, -0.05) is 25.5 Å². The number of hydrogen-bond donors (Lipinski definition) is 1. The molecule has 0 bridgehead atoms. The van der Waals surface area contributed by atoms with Gasteiger partial charge in [0.05, 0.1) is 11.6 Å². The molecule has 1 amide bonds. The molecule has 168 valence electrons. The molecule has 0 saturated carbocycles. The molecule has 0 aliphatic heterocycles. The topological polar surface area (TPSA) is 97.7 Å². The number of carbonyl (C=O) groups excluding carboxylic acids is 2. The SMILES string of the molecule is CCCCNC(=O)/C(C#N)=C/c1ccc(OC(=O)COc2ccc(C)cc2Br)c(OC)c1. The van der Waals surface area contributed by atoms with Gasteiger partial charge in [-0.15, -0.1) is 0 Å². The number of nitrogens with one attached hydrogen (secondary N) is 1. The van der Waals surface area contributed by atoms with Crippen LogP contribution in [0.1, 0.15) is 30.9 Å². The van der Waals surface area contributed by atoms with Crippen LogP contribution in [0.25, 0.3) is 6.08 Å². The van der Waals surface area contributed by atoms with Crippen LogP contribution in [0.3, 0.4) is 0 Å². The fourth-order valence-electron chi connectivity index (χ4n) is 2.66. The third-order valence-corrected chi connectivity index (χ3v) is 4.96. The highest BCUT2D eigenvalue weighted by Gasteiger charge is 2.14. The number of hydrogen-bond acceptors (Lipinski definition) is 6. The van der Waals surface area contributed by atoms with Crippen molar-refractivity contribution in [2.45, 2.75) is 26.7 Å². The number of methoxy groups -OCH3 is 1. The van der Waals surface area contributed by atoms with Crippen molar-refractivity contribution in [2.75, 3.05) is 20.3 Å². The Balaban J connectivity index is 2.06. The number of halogens is 1. The zero-order valence-electron chi connectivity index (χ0n) is 18.2. The highest BCUT2D eigenvalue weighted by atomic mass is 79.9. The summed E-state index contributed by atoms with van der Waals surface area (Å²) in [6, 6.07) is 12.2. The molecule has 0 unspecified atom stereocenters. The van der Waals surface area contributed by atoms with Crippen LogP contribution in [0.2, 0.25) is 0 Å². The first kappa shape index (κ1) is 25.0. The molecule has 32 heavy (non-hydrogen) atoms. The molecule has 0 heterocycles. The lowest BCUT2D eigenvalue weighted by Crippen LogP contribution is -2.25. The van der Waals surface area contributed by atoms with Crippen molar-refractivity contribution in [3.05, 3.63) is 57.6 Å². The third kappa shape index (κ3) is 7.43. The minimum atomic E-state index is -0.605. The predicted octanol–water partition coefficient (Wildman–Crippen LogP) is 4.57. The van der Waals surface area contributed by atoms with Crippen LogP contribution in [-0.2, 0) is 9.59 Å². The van der Waals surface area contributed by atoms with E-state index < -0.39 is 11.9 Å². The summed E-state index contributed by atoms with van der Waals surface area (Å²) in [5.74, 6) is -0.0254. The Labute approximate surface area is 196 Å². The number of carbonyl (C=O) groups is 2. The van der Waals surface area contributed by atoms with Crippen molar-refractivity contribution < 1.29 is 23.8 Å². The quantitative estimate of drug-likeness (QED) is 0.168. The maximum Gasteiger partial charge on any atom is 0.349 e. The van der Waals surface area contributed by atoms with Gasteiger partial charge in [0.25, 0.3) is 5.91 Å². The van der Waals surface area contributed by atoms with E-state index in [1.165, 1.54) is 19.3 Å². The van der Waals surface area contributed by atoms with Gasteiger partial charge in [0, 0.05) is 6.54 Å². The molecular formula is C24H25BrN2O5. The summed E-state index contributed by atoms with van der Waals surface area (Å²) >= 11 is 3.39. The smallest absolute Gasteiger partial charge is 0.349 e. The van der Waals surface area contributed by atoms with E-state index in [1.54, 1.807) is 18.2 Å². The summed E-state index contributed by atoms with van der Waals surface area (Å²) in [5.41, 5.74) is 1.59. The average Bonchev–Trinajstić information content (AvgIpc) is 2.77. The molecule has 1 N–H and O–H groups in total. The standard InChI is InChI=1S/C24H25BrN2O5/c1-4-5-10-27-24(29)18(14-26)12-17-7-9-21(22(13-17)30-3)32-23(28)15-31-20-8-6-16(2)11-19(20)25/h6-9,11-13H,4-5,10,15H2,1-3H3,(H,27,29)/b18-12+. The monoisotopic (exact) mass is 500 g/mol. The molecular weight excluding hydrogens is 476 g/mol. The van der Waals surface area contributed by atoms with E-state index in [9.17, 15) is 14.9 Å². The molecule has 0 aliphatic carbocycles. The van der Waals surface area contributed by atoms with Gasteiger partial charge in [-0.25, -0.2) is 4.79 Å². The minimum Gasteiger partial charge on any atom is -0.493 e. The van der Waals surface area contributed by atoms with Crippen molar-refractivity contribution >= 4 is 33.9 Å². The van der Waals surface area contributed by atoms with Crippen LogP contribution in [0.5, 0.6) is 17.2 Å². The van der Waals surface area contributed by atoms with E-state index in [1.807, 2.05) is 32.0 Å². The van der Waals surface area contributed by atoms with E-state index >= 15 is 0 Å². The minimum absolute atomic E-state index is 0.0232. The number of rotatable bonds is 10. The van der Waals surface area contributed by atoms with Crippen molar-refractivity contribution in [1.82, 2.24) is 5.32 Å². The van der Waals surface area contributed by atoms with Gasteiger partial charge < -0.3 is 19.5 Å². The summed E-state index contributed by atoms with van der Waals surface area (Å²) in [7, 11) is 1.43. The Morgan fingerprint density at radius 1 is 1.16 bits per heavy atom. The van der Waals surface area contributed by atoms with Crippen molar-refractivity contribution in [3.63, 3.8) is 0 Å². The normalized spacial score (nSPS) is 10.8. The maximum atomic E-state index is 12.2. The number of esters is 1. The first-order valence-electron chi connectivity index (χ1n) is 10.1. The van der Waals surface area contributed by atoms with Gasteiger partial charge in [-0.2, -0.15) is 5.26 Å². The van der Waals surface area contributed by atoms with Crippen molar-refractivity contribution in [3.8, 4) is 23.3 Å². The Morgan fingerprint density at radius 3 is 2.56 bits per heavy atom. The molecule has 8 heteroatoms. The van der Waals surface area contributed by atoms with E-state index in [0.717, 1.165) is 22.9 Å². The number of benzene rings is 2. The summed E-state index contributed by atoms with van der Waals surface area (Å²) in [4.78, 5) is 24.4. The van der Waals surface area contributed by atoms with Crippen LogP contribution >= 0.6 is 15.9 Å². The molecule has 0 aromatic heterocycles. The lowest BCUT2D eigenvalue weighted by molar-refractivity contribution is -0.136.